The lowest BCUT2D eigenvalue weighted by Crippen LogP contribution is -2.47. The van der Waals surface area contributed by atoms with E-state index in [-0.39, 0.29) is 6.10 Å². The number of benzene rings is 3. The monoisotopic (exact) mass is 560 g/mol. The first-order valence-corrected chi connectivity index (χ1v) is 14.9. The fourth-order valence-electron chi connectivity index (χ4n) is 5.84. The van der Waals surface area contributed by atoms with E-state index >= 15 is 0 Å². The summed E-state index contributed by atoms with van der Waals surface area (Å²) in [5, 5.41) is 3.77. The van der Waals surface area contributed by atoms with Crippen LogP contribution in [0.25, 0.3) is 0 Å². The number of rotatable bonds is 14. The molecule has 0 amide bonds. The van der Waals surface area contributed by atoms with Gasteiger partial charge in [0.1, 0.15) is 23.9 Å². The smallest absolute Gasteiger partial charge is 0.142 e. The molecule has 1 N–H and O–H groups in total. The maximum absolute atomic E-state index is 6.65. The van der Waals surface area contributed by atoms with Gasteiger partial charge < -0.3 is 33.9 Å². The number of hydrogen-bond donors (Lipinski definition) is 1. The van der Waals surface area contributed by atoms with Crippen LogP contribution < -0.4 is 24.4 Å². The van der Waals surface area contributed by atoms with Gasteiger partial charge in [0, 0.05) is 38.8 Å². The summed E-state index contributed by atoms with van der Waals surface area (Å²) in [6, 6.07) is 25.4. The lowest BCUT2D eigenvalue weighted by Gasteiger charge is -2.37. The highest BCUT2D eigenvalue weighted by Crippen LogP contribution is 2.35. The average molecular weight is 561 g/mol. The molecule has 3 atom stereocenters. The van der Waals surface area contributed by atoms with Gasteiger partial charge in [-0.25, -0.2) is 0 Å². The van der Waals surface area contributed by atoms with Crippen LogP contribution in [0.5, 0.6) is 17.2 Å². The molecule has 0 radical (unpaired) electrons. The molecule has 0 saturated carbocycles. The molecule has 220 valence electrons. The highest BCUT2D eigenvalue weighted by Gasteiger charge is 2.32. The van der Waals surface area contributed by atoms with E-state index < -0.39 is 0 Å². The molecule has 2 aliphatic heterocycles. The third-order valence-corrected chi connectivity index (χ3v) is 8.07. The molecule has 0 aliphatic carbocycles. The zero-order valence-corrected chi connectivity index (χ0v) is 24.4. The SMILES string of the molecule is COCCCN1CCOc2ccc(CO[C@H]3CN[C@H](CCCOc4ccccc4)C[C@@H]3c3ccc(OC)cc3)cc21. The van der Waals surface area contributed by atoms with E-state index in [4.69, 9.17) is 23.7 Å². The molecule has 41 heavy (non-hydrogen) atoms. The van der Waals surface area contributed by atoms with Crippen LogP contribution in [0.1, 0.15) is 42.7 Å². The molecule has 0 bridgehead atoms. The summed E-state index contributed by atoms with van der Waals surface area (Å²) in [5.74, 6) is 3.06. The number of fused-ring (bicyclic) bond motifs is 1. The molecule has 1 saturated heterocycles. The van der Waals surface area contributed by atoms with Crippen molar-refractivity contribution in [2.24, 2.45) is 0 Å². The lowest BCUT2D eigenvalue weighted by molar-refractivity contribution is 0.00191. The van der Waals surface area contributed by atoms with Gasteiger partial charge >= 0.3 is 0 Å². The van der Waals surface area contributed by atoms with Crippen molar-refractivity contribution in [3.05, 3.63) is 83.9 Å². The molecule has 7 nitrogen and oxygen atoms in total. The number of nitrogens with zero attached hydrogens (tertiary/aromatic N) is 1. The minimum atomic E-state index is 0.0744. The Morgan fingerprint density at radius 2 is 1.78 bits per heavy atom. The predicted octanol–water partition coefficient (Wildman–Crippen LogP) is 5.82. The van der Waals surface area contributed by atoms with Crippen molar-refractivity contribution >= 4 is 5.69 Å². The number of anilines is 1. The number of nitrogens with one attached hydrogen (secondary N) is 1. The standard InChI is InChI=1S/C34H44N2O5/c1-37-19-7-17-36-18-21-40-33-16-11-26(22-32(33)36)25-41-34-24-35-28(8-6-20-39-30-9-4-3-5-10-30)23-31(34)27-12-14-29(38-2)15-13-27/h3-5,9-16,22,28,31,34-35H,6-8,17-21,23-25H2,1-2H3/t28-,31-,34+/m1/s1. The third kappa shape index (κ3) is 8.15. The van der Waals surface area contributed by atoms with Gasteiger partial charge in [-0.3, -0.25) is 0 Å². The van der Waals surface area contributed by atoms with E-state index in [2.05, 4.69) is 52.7 Å². The van der Waals surface area contributed by atoms with Crippen molar-refractivity contribution in [3.8, 4) is 17.2 Å². The quantitative estimate of drug-likeness (QED) is 0.249. The van der Waals surface area contributed by atoms with E-state index in [9.17, 15) is 0 Å². The zero-order valence-electron chi connectivity index (χ0n) is 24.4. The van der Waals surface area contributed by atoms with Gasteiger partial charge in [0.15, 0.2) is 0 Å². The Morgan fingerprint density at radius 1 is 0.927 bits per heavy atom. The summed E-state index contributed by atoms with van der Waals surface area (Å²) >= 11 is 0. The zero-order chi connectivity index (χ0) is 28.3. The first-order valence-electron chi connectivity index (χ1n) is 14.9. The van der Waals surface area contributed by atoms with E-state index in [0.717, 1.165) is 81.5 Å². The molecule has 2 aliphatic rings. The van der Waals surface area contributed by atoms with Gasteiger partial charge in [-0.1, -0.05) is 36.4 Å². The van der Waals surface area contributed by atoms with Gasteiger partial charge in [0.05, 0.1) is 38.7 Å². The average Bonchev–Trinajstić information content (AvgIpc) is 3.03. The first kappa shape index (κ1) is 29.2. The van der Waals surface area contributed by atoms with Crippen LogP contribution in [-0.2, 0) is 16.1 Å². The lowest BCUT2D eigenvalue weighted by atomic mass is 9.83. The van der Waals surface area contributed by atoms with Crippen LogP contribution >= 0.6 is 0 Å². The molecule has 1 fully saturated rings. The van der Waals surface area contributed by atoms with Crippen molar-refractivity contribution < 1.29 is 23.7 Å². The first-order chi connectivity index (χ1) is 20.2. The van der Waals surface area contributed by atoms with Gasteiger partial charge in [0.25, 0.3) is 0 Å². The van der Waals surface area contributed by atoms with Crippen LogP contribution in [0.3, 0.4) is 0 Å². The van der Waals surface area contributed by atoms with Crippen LogP contribution in [0.15, 0.2) is 72.8 Å². The van der Waals surface area contributed by atoms with Crippen LogP contribution in [0, 0.1) is 0 Å². The maximum atomic E-state index is 6.65. The second kappa shape index (κ2) is 15.1. The second-order valence-corrected chi connectivity index (χ2v) is 10.9. The Kier molecular flexibility index (Phi) is 10.8. The number of para-hydroxylation sites is 1. The third-order valence-electron chi connectivity index (χ3n) is 8.07. The molecule has 3 aromatic rings. The van der Waals surface area contributed by atoms with Crippen molar-refractivity contribution in [3.63, 3.8) is 0 Å². The van der Waals surface area contributed by atoms with Crippen molar-refractivity contribution in [2.45, 2.75) is 50.4 Å². The molecule has 7 heteroatoms. The highest BCUT2D eigenvalue weighted by atomic mass is 16.5. The largest absolute Gasteiger partial charge is 0.497 e. The fourth-order valence-corrected chi connectivity index (χ4v) is 5.84. The van der Waals surface area contributed by atoms with E-state index in [1.165, 1.54) is 11.1 Å². The molecule has 0 aromatic heterocycles. The predicted molar refractivity (Wildman–Crippen MR) is 163 cm³/mol. The Hall–Kier alpha value is -3.26. The maximum Gasteiger partial charge on any atom is 0.142 e. The molecule has 0 spiro atoms. The van der Waals surface area contributed by atoms with Gasteiger partial charge in [-0.2, -0.15) is 0 Å². The Labute approximate surface area is 244 Å². The summed E-state index contributed by atoms with van der Waals surface area (Å²) in [5.41, 5.74) is 3.62. The number of ether oxygens (including phenoxy) is 5. The van der Waals surface area contributed by atoms with Crippen molar-refractivity contribution in [1.29, 1.82) is 0 Å². The summed E-state index contributed by atoms with van der Waals surface area (Å²) in [7, 11) is 3.46. The molecule has 0 unspecified atom stereocenters. The minimum absolute atomic E-state index is 0.0744. The minimum Gasteiger partial charge on any atom is -0.497 e. The highest BCUT2D eigenvalue weighted by molar-refractivity contribution is 5.61. The Bertz CT molecular complexity index is 1190. The Morgan fingerprint density at radius 3 is 2.59 bits per heavy atom. The second-order valence-electron chi connectivity index (χ2n) is 10.9. The van der Waals surface area contributed by atoms with E-state index in [1.807, 2.05) is 30.3 Å². The molecule has 2 heterocycles. The van der Waals surface area contributed by atoms with Gasteiger partial charge in [0.2, 0.25) is 0 Å². The topological polar surface area (TPSA) is 61.4 Å². The summed E-state index contributed by atoms with van der Waals surface area (Å²) in [6.07, 6.45) is 4.16. The number of hydrogen-bond acceptors (Lipinski definition) is 7. The summed E-state index contributed by atoms with van der Waals surface area (Å²) in [4.78, 5) is 2.40. The van der Waals surface area contributed by atoms with Gasteiger partial charge in [-0.15, -0.1) is 0 Å². The normalized spacial score (nSPS) is 20.2. The Balaban J connectivity index is 1.21. The molecule has 5 rings (SSSR count). The summed E-state index contributed by atoms with van der Waals surface area (Å²) in [6.45, 7) is 5.43. The van der Waals surface area contributed by atoms with E-state index in [1.54, 1.807) is 14.2 Å². The molecular weight excluding hydrogens is 516 g/mol. The fraction of sp³-hybridized carbons (Fsp3) is 0.471. The van der Waals surface area contributed by atoms with Crippen LogP contribution in [0.2, 0.25) is 0 Å². The number of piperidine rings is 1. The van der Waals surface area contributed by atoms with Crippen LogP contribution in [0.4, 0.5) is 5.69 Å². The molecular formula is C34H44N2O5. The number of methoxy groups -OCH3 is 2. The van der Waals surface area contributed by atoms with E-state index in [0.29, 0.717) is 25.2 Å². The summed E-state index contributed by atoms with van der Waals surface area (Å²) < 4.78 is 29.2. The molecule has 3 aromatic carbocycles. The van der Waals surface area contributed by atoms with Gasteiger partial charge in [-0.05, 0) is 73.2 Å². The van der Waals surface area contributed by atoms with Crippen molar-refractivity contribution in [1.82, 2.24) is 5.32 Å². The van der Waals surface area contributed by atoms with Crippen molar-refractivity contribution in [2.75, 3.05) is 58.6 Å². The van der Waals surface area contributed by atoms with Crippen LogP contribution in [-0.4, -0.2) is 65.8 Å².